The maximum Gasteiger partial charge on any atom is 0.239 e. The first-order valence-corrected chi connectivity index (χ1v) is 11.7. The molecule has 0 radical (unpaired) electrons. The van der Waals surface area contributed by atoms with Crippen molar-refractivity contribution < 1.29 is 4.79 Å². The van der Waals surface area contributed by atoms with E-state index in [9.17, 15) is 4.79 Å². The Hall–Kier alpha value is -3.00. The van der Waals surface area contributed by atoms with Crippen molar-refractivity contribution in [3.8, 4) is 10.7 Å². The summed E-state index contributed by atoms with van der Waals surface area (Å²) in [5.41, 5.74) is 7.58. The van der Waals surface area contributed by atoms with Crippen LogP contribution in [0.3, 0.4) is 0 Å². The molecule has 1 atom stereocenters. The van der Waals surface area contributed by atoms with Crippen LogP contribution in [-0.2, 0) is 4.79 Å². The SMILES string of the molecule is NC(=O)[C@H](c1ccc(Cl)cc1)N1CCN(c2nc(-c3cccs3)nc3ccccc23)CC1. The molecule has 0 spiro atoms. The van der Waals surface area contributed by atoms with Gasteiger partial charge in [-0.15, -0.1) is 11.3 Å². The van der Waals surface area contributed by atoms with Crippen molar-refractivity contribution in [3.05, 3.63) is 76.6 Å². The van der Waals surface area contributed by atoms with E-state index in [0.29, 0.717) is 18.1 Å². The van der Waals surface area contributed by atoms with Crippen molar-refractivity contribution >= 4 is 45.6 Å². The topological polar surface area (TPSA) is 75.4 Å². The van der Waals surface area contributed by atoms with Gasteiger partial charge in [0.05, 0.1) is 10.4 Å². The molecule has 1 aliphatic heterocycles. The highest BCUT2D eigenvalue weighted by atomic mass is 35.5. The number of anilines is 1. The van der Waals surface area contributed by atoms with Gasteiger partial charge in [-0.3, -0.25) is 9.69 Å². The Morgan fingerprint density at radius 3 is 2.41 bits per heavy atom. The Morgan fingerprint density at radius 1 is 0.969 bits per heavy atom. The lowest BCUT2D eigenvalue weighted by atomic mass is 10.0. The predicted octanol–water partition coefficient (Wildman–Crippen LogP) is 4.36. The van der Waals surface area contributed by atoms with Gasteiger partial charge in [-0.2, -0.15) is 0 Å². The van der Waals surface area contributed by atoms with E-state index in [0.717, 1.165) is 46.1 Å². The number of primary amides is 1. The molecule has 1 aliphatic rings. The highest BCUT2D eigenvalue weighted by Crippen LogP contribution is 2.31. The lowest BCUT2D eigenvalue weighted by Gasteiger charge is -2.39. The smallest absolute Gasteiger partial charge is 0.239 e. The highest BCUT2D eigenvalue weighted by molar-refractivity contribution is 7.13. The molecule has 3 heterocycles. The second-order valence-electron chi connectivity index (χ2n) is 7.74. The van der Waals surface area contributed by atoms with Gasteiger partial charge in [0, 0.05) is 36.6 Å². The number of benzene rings is 2. The number of halogens is 1. The van der Waals surface area contributed by atoms with E-state index >= 15 is 0 Å². The first kappa shape index (κ1) is 20.9. The van der Waals surface area contributed by atoms with Crippen molar-refractivity contribution in [2.45, 2.75) is 6.04 Å². The summed E-state index contributed by atoms with van der Waals surface area (Å²) >= 11 is 7.65. The van der Waals surface area contributed by atoms with Gasteiger partial charge in [-0.1, -0.05) is 41.9 Å². The van der Waals surface area contributed by atoms with Crippen LogP contribution >= 0.6 is 22.9 Å². The molecular formula is C24H22ClN5OS. The molecule has 0 unspecified atom stereocenters. The van der Waals surface area contributed by atoms with E-state index in [1.807, 2.05) is 47.8 Å². The largest absolute Gasteiger partial charge is 0.368 e. The molecule has 162 valence electrons. The van der Waals surface area contributed by atoms with Crippen LogP contribution < -0.4 is 10.6 Å². The molecule has 1 saturated heterocycles. The third-order valence-corrected chi connectivity index (χ3v) is 6.88. The number of fused-ring (bicyclic) bond motifs is 1. The Morgan fingerprint density at radius 2 is 1.72 bits per heavy atom. The molecule has 6 nitrogen and oxygen atoms in total. The van der Waals surface area contributed by atoms with Crippen LogP contribution in [0.5, 0.6) is 0 Å². The molecule has 2 aromatic heterocycles. The number of piperazine rings is 1. The van der Waals surface area contributed by atoms with Crippen molar-refractivity contribution in [1.29, 1.82) is 0 Å². The van der Waals surface area contributed by atoms with Crippen LogP contribution in [0, 0.1) is 0 Å². The lowest BCUT2D eigenvalue weighted by Crippen LogP contribution is -2.50. The number of carbonyl (C=O) groups is 1. The number of hydrogen-bond donors (Lipinski definition) is 1. The van der Waals surface area contributed by atoms with E-state index in [-0.39, 0.29) is 5.91 Å². The van der Waals surface area contributed by atoms with Gasteiger partial charge in [0.25, 0.3) is 0 Å². The second kappa shape index (κ2) is 8.86. The van der Waals surface area contributed by atoms with Crippen molar-refractivity contribution in [1.82, 2.24) is 14.9 Å². The van der Waals surface area contributed by atoms with E-state index in [4.69, 9.17) is 27.3 Å². The summed E-state index contributed by atoms with van der Waals surface area (Å²) in [5.74, 6) is 1.32. The molecule has 2 aromatic carbocycles. The zero-order valence-electron chi connectivity index (χ0n) is 17.3. The van der Waals surface area contributed by atoms with Crippen molar-refractivity contribution in [3.63, 3.8) is 0 Å². The lowest BCUT2D eigenvalue weighted by molar-refractivity contribution is -0.123. The van der Waals surface area contributed by atoms with E-state index in [2.05, 4.69) is 15.9 Å². The minimum atomic E-state index is -0.474. The van der Waals surface area contributed by atoms with Gasteiger partial charge in [0.1, 0.15) is 11.9 Å². The first-order valence-electron chi connectivity index (χ1n) is 10.4. The number of thiophene rings is 1. The maximum atomic E-state index is 12.3. The van der Waals surface area contributed by atoms with E-state index < -0.39 is 6.04 Å². The van der Waals surface area contributed by atoms with Gasteiger partial charge in [0.2, 0.25) is 5.91 Å². The molecule has 1 amide bonds. The monoisotopic (exact) mass is 463 g/mol. The Kier molecular flexibility index (Phi) is 5.78. The van der Waals surface area contributed by atoms with Crippen LogP contribution in [0.25, 0.3) is 21.6 Å². The molecule has 8 heteroatoms. The fourth-order valence-electron chi connectivity index (χ4n) is 4.21. The fourth-order valence-corrected chi connectivity index (χ4v) is 4.99. The molecule has 32 heavy (non-hydrogen) atoms. The maximum absolute atomic E-state index is 12.3. The van der Waals surface area contributed by atoms with Crippen LogP contribution in [0.1, 0.15) is 11.6 Å². The number of amides is 1. The molecule has 5 rings (SSSR count). The summed E-state index contributed by atoms with van der Waals surface area (Å²) in [5, 5.41) is 3.71. The molecule has 2 N–H and O–H groups in total. The average Bonchev–Trinajstić information content (AvgIpc) is 3.35. The Bertz CT molecular complexity index is 1240. The molecule has 1 fully saturated rings. The predicted molar refractivity (Wildman–Crippen MR) is 130 cm³/mol. The van der Waals surface area contributed by atoms with Gasteiger partial charge < -0.3 is 10.6 Å². The van der Waals surface area contributed by atoms with Crippen LogP contribution in [-0.4, -0.2) is 47.0 Å². The van der Waals surface area contributed by atoms with Gasteiger partial charge >= 0.3 is 0 Å². The number of rotatable bonds is 5. The Labute approximate surface area is 195 Å². The van der Waals surface area contributed by atoms with Crippen LogP contribution in [0.4, 0.5) is 5.82 Å². The third kappa shape index (κ3) is 4.07. The van der Waals surface area contributed by atoms with E-state index in [1.54, 1.807) is 23.5 Å². The number of para-hydroxylation sites is 1. The minimum Gasteiger partial charge on any atom is -0.368 e. The normalized spacial score (nSPS) is 15.7. The second-order valence-corrected chi connectivity index (χ2v) is 9.13. The number of nitrogens with two attached hydrogens (primary N) is 1. The summed E-state index contributed by atoms with van der Waals surface area (Å²) < 4.78 is 0. The summed E-state index contributed by atoms with van der Waals surface area (Å²) in [6, 6.07) is 19.0. The minimum absolute atomic E-state index is 0.353. The summed E-state index contributed by atoms with van der Waals surface area (Å²) in [6.07, 6.45) is 0. The Balaban J connectivity index is 1.42. The average molecular weight is 464 g/mol. The van der Waals surface area contributed by atoms with Gasteiger partial charge in [0.15, 0.2) is 5.82 Å². The van der Waals surface area contributed by atoms with E-state index in [1.165, 1.54) is 0 Å². The number of hydrogen-bond acceptors (Lipinski definition) is 6. The number of aromatic nitrogens is 2. The number of carbonyl (C=O) groups excluding carboxylic acids is 1. The summed E-state index contributed by atoms with van der Waals surface area (Å²) in [6.45, 7) is 2.87. The molecule has 0 saturated carbocycles. The molecule has 0 bridgehead atoms. The quantitative estimate of drug-likeness (QED) is 0.476. The molecule has 4 aromatic rings. The van der Waals surface area contributed by atoms with Crippen molar-refractivity contribution in [2.75, 3.05) is 31.1 Å². The first-order chi connectivity index (χ1) is 15.6. The third-order valence-electron chi connectivity index (χ3n) is 5.76. The standard InChI is InChI=1S/C24H22ClN5OS/c25-17-9-7-16(8-10-17)21(22(26)31)29-11-13-30(14-12-29)24-18-4-1-2-5-19(18)27-23(28-24)20-6-3-15-32-20/h1-10,15,21H,11-14H2,(H2,26,31)/t21-/m0/s1. The van der Waals surface area contributed by atoms with Crippen LogP contribution in [0.2, 0.25) is 5.02 Å². The van der Waals surface area contributed by atoms with Gasteiger partial charge in [-0.05, 0) is 41.3 Å². The number of nitrogens with zero attached hydrogens (tertiary/aromatic N) is 4. The zero-order valence-corrected chi connectivity index (χ0v) is 18.9. The van der Waals surface area contributed by atoms with Crippen LogP contribution in [0.15, 0.2) is 66.0 Å². The van der Waals surface area contributed by atoms with Crippen molar-refractivity contribution in [2.24, 2.45) is 5.73 Å². The molecule has 0 aliphatic carbocycles. The summed E-state index contributed by atoms with van der Waals surface area (Å²) in [7, 11) is 0. The summed E-state index contributed by atoms with van der Waals surface area (Å²) in [4.78, 5) is 27.5. The molecular weight excluding hydrogens is 442 g/mol. The zero-order chi connectivity index (χ0) is 22.1. The fraction of sp³-hybridized carbons (Fsp3) is 0.208. The van der Waals surface area contributed by atoms with Gasteiger partial charge in [-0.25, -0.2) is 9.97 Å². The highest BCUT2D eigenvalue weighted by Gasteiger charge is 2.30.